The molecule has 3 rings (SSSR count). The molecule has 0 bridgehead atoms. The van der Waals surface area contributed by atoms with Crippen LogP contribution in [0, 0.1) is 31.5 Å². The average Bonchev–Trinajstić information content (AvgIpc) is 2.70. The molecule has 0 unspecified atom stereocenters. The first-order valence-electron chi connectivity index (χ1n) is 9.82. The van der Waals surface area contributed by atoms with E-state index in [0.29, 0.717) is 32.2 Å². The van der Waals surface area contributed by atoms with Crippen molar-refractivity contribution in [2.24, 2.45) is 11.8 Å². The quantitative estimate of drug-likeness (QED) is 0.800. The molecule has 28 heavy (non-hydrogen) atoms. The number of carbonyl (C=O) groups excluding carboxylic acids is 2. The molecule has 2 aromatic rings. The molecule has 2 amide bonds. The molecule has 5 heteroatoms. The molecule has 1 aliphatic carbocycles. The van der Waals surface area contributed by atoms with E-state index in [0.717, 1.165) is 22.4 Å². The van der Waals surface area contributed by atoms with Gasteiger partial charge in [0.1, 0.15) is 5.82 Å². The van der Waals surface area contributed by atoms with Crippen LogP contribution in [0.4, 0.5) is 10.1 Å². The van der Waals surface area contributed by atoms with E-state index in [1.807, 2.05) is 32.0 Å². The second-order valence-electron chi connectivity index (χ2n) is 7.70. The zero-order chi connectivity index (χ0) is 20.1. The smallest absolute Gasteiger partial charge is 0.227 e. The number of hydrogen-bond donors (Lipinski definition) is 2. The monoisotopic (exact) mass is 382 g/mol. The van der Waals surface area contributed by atoms with E-state index in [4.69, 9.17) is 0 Å². The molecule has 2 aromatic carbocycles. The molecule has 0 aromatic heterocycles. The number of hydrogen-bond acceptors (Lipinski definition) is 2. The summed E-state index contributed by atoms with van der Waals surface area (Å²) in [6.07, 6.45) is 2.84. The Bertz CT molecular complexity index is 840. The van der Waals surface area contributed by atoms with Gasteiger partial charge in [-0.15, -0.1) is 0 Å². The normalized spacial score (nSPS) is 19.1. The van der Waals surface area contributed by atoms with E-state index in [1.54, 1.807) is 12.1 Å². The van der Waals surface area contributed by atoms with Crippen molar-refractivity contribution in [1.29, 1.82) is 0 Å². The Labute approximate surface area is 165 Å². The minimum absolute atomic E-state index is 0.0118. The summed E-state index contributed by atoms with van der Waals surface area (Å²) in [5, 5.41) is 5.97. The van der Waals surface area contributed by atoms with Crippen molar-refractivity contribution in [3.05, 3.63) is 65.0 Å². The van der Waals surface area contributed by atoms with Crippen LogP contribution in [0.5, 0.6) is 0 Å². The summed E-state index contributed by atoms with van der Waals surface area (Å²) in [6.45, 7) is 4.38. The number of carbonyl (C=O) groups is 2. The molecular formula is C23H27FN2O2. The third-order valence-electron chi connectivity index (χ3n) is 5.50. The second-order valence-corrected chi connectivity index (χ2v) is 7.70. The molecule has 1 aliphatic rings. The highest BCUT2D eigenvalue weighted by Crippen LogP contribution is 2.30. The predicted molar refractivity (Wildman–Crippen MR) is 108 cm³/mol. The first-order valence-corrected chi connectivity index (χ1v) is 9.82. The number of halogens is 1. The van der Waals surface area contributed by atoms with Gasteiger partial charge in [0, 0.05) is 24.1 Å². The number of benzene rings is 2. The van der Waals surface area contributed by atoms with Crippen molar-refractivity contribution in [2.75, 3.05) is 5.32 Å². The summed E-state index contributed by atoms with van der Waals surface area (Å²) >= 11 is 0. The van der Waals surface area contributed by atoms with E-state index in [-0.39, 0.29) is 29.5 Å². The highest BCUT2D eigenvalue weighted by Gasteiger charge is 2.30. The number of nitrogens with one attached hydrogen (secondary N) is 2. The van der Waals surface area contributed by atoms with E-state index in [1.165, 1.54) is 12.1 Å². The Morgan fingerprint density at radius 1 is 0.929 bits per heavy atom. The van der Waals surface area contributed by atoms with Crippen molar-refractivity contribution in [2.45, 2.75) is 46.1 Å². The third kappa shape index (κ3) is 5.18. The lowest BCUT2D eigenvalue weighted by Crippen LogP contribution is -2.35. The lowest BCUT2D eigenvalue weighted by Gasteiger charge is -2.27. The van der Waals surface area contributed by atoms with Gasteiger partial charge >= 0.3 is 0 Å². The fourth-order valence-electron chi connectivity index (χ4n) is 3.66. The van der Waals surface area contributed by atoms with Crippen molar-refractivity contribution in [3.63, 3.8) is 0 Å². The molecular weight excluding hydrogens is 355 g/mol. The summed E-state index contributed by atoms with van der Waals surface area (Å²) in [6, 6.07) is 12.1. The van der Waals surface area contributed by atoms with Crippen LogP contribution >= 0.6 is 0 Å². The molecule has 1 saturated carbocycles. The largest absolute Gasteiger partial charge is 0.352 e. The van der Waals surface area contributed by atoms with Crippen LogP contribution in [0.1, 0.15) is 42.4 Å². The molecule has 1 fully saturated rings. The summed E-state index contributed by atoms with van der Waals surface area (Å²) < 4.78 is 12.9. The van der Waals surface area contributed by atoms with Crippen LogP contribution in [0.15, 0.2) is 42.5 Å². The van der Waals surface area contributed by atoms with Crippen molar-refractivity contribution in [1.82, 2.24) is 5.32 Å². The summed E-state index contributed by atoms with van der Waals surface area (Å²) in [5.74, 6) is -0.352. The van der Waals surface area contributed by atoms with Gasteiger partial charge in [0.15, 0.2) is 0 Å². The van der Waals surface area contributed by atoms with E-state index in [2.05, 4.69) is 10.6 Å². The third-order valence-corrected chi connectivity index (χ3v) is 5.50. The van der Waals surface area contributed by atoms with Crippen LogP contribution in [-0.2, 0) is 16.1 Å². The number of anilines is 1. The maximum absolute atomic E-state index is 12.9. The van der Waals surface area contributed by atoms with Gasteiger partial charge in [-0.2, -0.15) is 0 Å². The van der Waals surface area contributed by atoms with Crippen LogP contribution in [-0.4, -0.2) is 11.8 Å². The van der Waals surface area contributed by atoms with Crippen LogP contribution in [0.3, 0.4) is 0 Å². The van der Waals surface area contributed by atoms with Crippen molar-refractivity contribution in [3.8, 4) is 0 Å². The van der Waals surface area contributed by atoms with E-state index in [9.17, 15) is 14.0 Å². The topological polar surface area (TPSA) is 58.2 Å². The molecule has 148 valence electrons. The Kier molecular flexibility index (Phi) is 6.45. The molecule has 0 radical (unpaired) electrons. The standard InChI is InChI=1S/C23H27FN2O2/c1-15-3-4-16(2)21(13-15)26-23(28)19-9-7-18(8-10-19)22(27)25-14-17-5-11-20(24)12-6-17/h3-6,11-13,18-19H,7-10,14H2,1-2H3,(H,25,27)(H,26,28). The highest BCUT2D eigenvalue weighted by atomic mass is 19.1. The van der Waals surface area contributed by atoms with Gasteiger partial charge in [-0.3, -0.25) is 9.59 Å². The van der Waals surface area contributed by atoms with Gasteiger partial charge in [-0.1, -0.05) is 24.3 Å². The Morgan fingerprint density at radius 2 is 1.54 bits per heavy atom. The van der Waals surface area contributed by atoms with Crippen LogP contribution < -0.4 is 10.6 Å². The summed E-state index contributed by atoms with van der Waals surface area (Å²) in [7, 11) is 0. The van der Waals surface area contributed by atoms with Crippen LogP contribution in [0.25, 0.3) is 0 Å². The lowest BCUT2D eigenvalue weighted by molar-refractivity contribution is -0.128. The molecule has 0 heterocycles. The maximum Gasteiger partial charge on any atom is 0.227 e. The number of amides is 2. The first-order chi connectivity index (χ1) is 13.4. The SMILES string of the molecule is Cc1ccc(C)c(NC(=O)C2CCC(C(=O)NCc3ccc(F)cc3)CC2)c1. The van der Waals surface area contributed by atoms with E-state index >= 15 is 0 Å². The maximum atomic E-state index is 12.9. The molecule has 0 atom stereocenters. The molecule has 0 saturated heterocycles. The summed E-state index contributed by atoms with van der Waals surface area (Å²) in [4.78, 5) is 25.0. The van der Waals surface area contributed by atoms with Gasteiger partial charge in [0.05, 0.1) is 0 Å². The Hall–Kier alpha value is -2.69. The molecule has 2 N–H and O–H groups in total. The highest BCUT2D eigenvalue weighted by molar-refractivity contribution is 5.93. The summed E-state index contributed by atoms with van der Waals surface area (Å²) in [5.41, 5.74) is 3.90. The molecule has 4 nitrogen and oxygen atoms in total. The zero-order valence-electron chi connectivity index (χ0n) is 16.4. The van der Waals surface area contributed by atoms with Gasteiger partial charge in [0.2, 0.25) is 11.8 Å². The Balaban J connectivity index is 1.46. The lowest BCUT2D eigenvalue weighted by atomic mass is 9.81. The molecule has 0 aliphatic heterocycles. The number of aryl methyl sites for hydroxylation is 2. The van der Waals surface area contributed by atoms with Crippen molar-refractivity contribution >= 4 is 17.5 Å². The predicted octanol–water partition coefficient (Wildman–Crippen LogP) is 4.50. The fraction of sp³-hybridized carbons (Fsp3) is 0.391. The van der Waals surface area contributed by atoms with Gasteiger partial charge < -0.3 is 10.6 Å². The van der Waals surface area contributed by atoms with Gasteiger partial charge in [0.25, 0.3) is 0 Å². The van der Waals surface area contributed by atoms with Crippen molar-refractivity contribution < 1.29 is 14.0 Å². The van der Waals surface area contributed by atoms with E-state index < -0.39 is 0 Å². The Morgan fingerprint density at radius 3 is 2.18 bits per heavy atom. The van der Waals surface area contributed by atoms with Crippen LogP contribution in [0.2, 0.25) is 0 Å². The minimum atomic E-state index is -0.285. The fourth-order valence-corrected chi connectivity index (χ4v) is 3.66. The van der Waals surface area contributed by atoms with Gasteiger partial charge in [-0.05, 0) is 74.4 Å². The zero-order valence-corrected chi connectivity index (χ0v) is 16.4. The second kappa shape index (κ2) is 9.00. The minimum Gasteiger partial charge on any atom is -0.352 e. The van der Waals surface area contributed by atoms with Gasteiger partial charge in [-0.25, -0.2) is 4.39 Å². The number of rotatable bonds is 5. The molecule has 0 spiro atoms. The average molecular weight is 382 g/mol. The first kappa shape index (κ1) is 20.1.